The van der Waals surface area contributed by atoms with Gasteiger partial charge in [0.2, 0.25) is 0 Å². The van der Waals surface area contributed by atoms with Crippen LogP contribution in [0.25, 0.3) is 10.2 Å². The van der Waals surface area contributed by atoms with E-state index >= 15 is 0 Å². The number of pyridine rings is 1. The number of benzene rings is 1. The van der Waals surface area contributed by atoms with Crippen LogP contribution >= 0.6 is 27.3 Å². The number of aliphatic hydroxyl groups is 1. The Morgan fingerprint density at radius 2 is 1.82 bits per heavy atom. The largest absolute Gasteiger partial charge is 0.393 e. The van der Waals surface area contributed by atoms with Gasteiger partial charge < -0.3 is 21.1 Å². The van der Waals surface area contributed by atoms with E-state index in [0.29, 0.717) is 12.1 Å². The monoisotopic (exact) mass is 531 g/mol. The van der Waals surface area contributed by atoms with Crippen LogP contribution in [0, 0.1) is 5.41 Å². The van der Waals surface area contributed by atoms with Crippen molar-refractivity contribution < 1.29 is 5.11 Å². The second-order valence-corrected chi connectivity index (χ2v) is 12.1. The molecule has 1 aliphatic rings. The third-order valence-corrected chi connectivity index (χ3v) is 7.86. The quantitative estimate of drug-likeness (QED) is 0.281. The highest BCUT2D eigenvalue weighted by Crippen LogP contribution is 2.31. The smallest absolute Gasteiger partial charge is 0.189 e. The number of halogens is 1. The van der Waals surface area contributed by atoms with Crippen molar-refractivity contribution in [3.05, 3.63) is 40.4 Å². The first-order chi connectivity index (χ1) is 15.7. The van der Waals surface area contributed by atoms with Crippen molar-refractivity contribution in [2.75, 3.05) is 10.6 Å². The van der Waals surface area contributed by atoms with Crippen molar-refractivity contribution in [2.45, 2.75) is 78.1 Å². The molecule has 0 saturated heterocycles. The van der Waals surface area contributed by atoms with E-state index in [1.165, 1.54) is 5.56 Å². The Kier molecular flexibility index (Phi) is 7.58. The fourth-order valence-corrected chi connectivity index (χ4v) is 5.32. The Morgan fingerprint density at radius 3 is 2.55 bits per heavy atom. The fraction of sp³-hybridized carbons (Fsp3) is 0.520. The third kappa shape index (κ3) is 6.66. The molecule has 1 aliphatic carbocycles. The van der Waals surface area contributed by atoms with E-state index in [9.17, 15) is 5.11 Å². The van der Waals surface area contributed by atoms with Crippen LogP contribution in [0.2, 0.25) is 0 Å². The SMILES string of the molecule is CC(NCc1cc(Nc2nc3ccc(Br)cc3s2)nc(N[C@H]2CC[C@H](O)CC2)c1)C(C)(C)C. The van der Waals surface area contributed by atoms with Gasteiger partial charge in [-0.2, -0.15) is 0 Å². The first kappa shape index (κ1) is 24.4. The highest BCUT2D eigenvalue weighted by Gasteiger charge is 2.21. The van der Waals surface area contributed by atoms with Gasteiger partial charge in [0.15, 0.2) is 5.13 Å². The summed E-state index contributed by atoms with van der Waals surface area (Å²) in [5.41, 5.74) is 2.33. The predicted molar refractivity (Wildman–Crippen MR) is 142 cm³/mol. The second-order valence-electron chi connectivity index (χ2n) is 10.1. The molecule has 4 rings (SSSR count). The second kappa shape index (κ2) is 10.3. The molecule has 178 valence electrons. The first-order valence-corrected chi connectivity index (χ1v) is 13.3. The Labute approximate surface area is 208 Å². The number of rotatable bonds is 7. The average molecular weight is 533 g/mol. The Balaban J connectivity index is 1.55. The standard InChI is InChI=1S/C25H34BrN5OS/c1-15(25(2,3)4)27-14-16-11-22(28-18-6-8-19(32)9-7-18)30-23(12-16)31-24-29-20-10-5-17(26)13-21(20)33-24/h5,10-13,15,18-19,27,32H,6-9,14H2,1-4H3,(H2,28,29,30,31)/t15?,18-,19-. The summed E-state index contributed by atoms with van der Waals surface area (Å²) in [6, 6.07) is 11.1. The van der Waals surface area contributed by atoms with Crippen molar-refractivity contribution >= 4 is 54.3 Å². The molecule has 0 spiro atoms. The number of anilines is 3. The molecule has 2 aromatic heterocycles. The van der Waals surface area contributed by atoms with Crippen LogP contribution in [0.4, 0.5) is 16.8 Å². The molecule has 1 saturated carbocycles. The number of thiazole rings is 1. The lowest BCUT2D eigenvalue weighted by atomic mass is 9.88. The van der Waals surface area contributed by atoms with Gasteiger partial charge in [0.1, 0.15) is 11.6 Å². The molecule has 1 aromatic carbocycles. The summed E-state index contributed by atoms with van der Waals surface area (Å²) >= 11 is 5.16. The molecule has 8 heteroatoms. The number of aromatic nitrogens is 2. The molecule has 1 fully saturated rings. The van der Waals surface area contributed by atoms with Gasteiger partial charge in [-0.15, -0.1) is 0 Å². The molecule has 6 nitrogen and oxygen atoms in total. The molecule has 33 heavy (non-hydrogen) atoms. The normalized spacial score (nSPS) is 20.1. The summed E-state index contributed by atoms with van der Waals surface area (Å²) in [7, 11) is 0. The number of hydrogen-bond acceptors (Lipinski definition) is 7. The average Bonchev–Trinajstić information content (AvgIpc) is 3.14. The van der Waals surface area contributed by atoms with Gasteiger partial charge in [-0.05, 0) is 73.9 Å². The minimum atomic E-state index is -0.165. The first-order valence-electron chi connectivity index (χ1n) is 11.7. The van der Waals surface area contributed by atoms with Gasteiger partial charge in [0.25, 0.3) is 0 Å². The maximum Gasteiger partial charge on any atom is 0.189 e. The fourth-order valence-electron chi connectivity index (χ4n) is 3.90. The summed E-state index contributed by atoms with van der Waals surface area (Å²) in [5.74, 6) is 1.65. The van der Waals surface area contributed by atoms with Crippen LogP contribution in [0.3, 0.4) is 0 Å². The van der Waals surface area contributed by atoms with Crippen LogP contribution < -0.4 is 16.0 Å². The molecule has 2 heterocycles. The number of fused-ring (bicyclic) bond motifs is 1. The van der Waals surface area contributed by atoms with Gasteiger partial charge in [-0.3, -0.25) is 0 Å². The molecule has 0 aliphatic heterocycles. The summed E-state index contributed by atoms with van der Waals surface area (Å²) in [6.07, 6.45) is 3.44. The topological polar surface area (TPSA) is 82.1 Å². The molecule has 1 unspecified atom stereocenters. The van der Waals surface area contributed by atoms with Crippen molar-refractivity contribution in [3.8, 4) is 0 Å². The number of hydrogen-bond donors (Lipinski definition) is 4. The minimum Gasteiger partial charge on any atom is -0.393 e. The molecule has 0 bridgehead atoms. The predicted octanol–water partition coefficient (Wildman–Crippen LogP) is 6.44. The maximum absolute atomic E-state index is 9.84. The van der Waals surface area contributed by atoms with E-state index in [0.717, 1.165) is 63.7 Å². The lowest BCUT2D eigenvalue weighted by Crippen LogP contribution is -2.37. The van der Waals surface area contributed by atoms with Gasteiger partial charge in [-0.1, -0.05) is 48.0 Å². The van der Waals surface area contributed by atoms with Crippen molar-refractivity contribution in [1.82, 2.24) is 15.3 Å². The van der Waals surface area contributed by atoms with Gasteiger partial charge >= 0.3 is 0 Å². The van der Waals surface area contributed by atoms with Crippen LogP contribution in [-0.2, 0) is 6.54 Å². The summed E-state index contributed by atoms with van der Waals surface area (Å²) in [4.78, 5) is 9.57. The van der Waals surface area contributed by atoms with E-state index in [1.807, 2.05) is 12.1 Å². The molecular formula is C25H34BrN5OS. The number of aliphatic hydroxyl groups excluding tert-OH is 1. The highest BCUT2D eigenvalue weighted by molar-refractivity contribution is 9.10. The van der Waals surface area contributed by atoms with Crippen LogP contribution in [0.5, 0.6) is 0 Å². The van der Waals surface area contributed by atoms with E-state index in [2.05, 4.69) is 77.8 Å². The Bertz CT molecular complexity index is 1090. The third-order valence-electron chi connectivity index (χ3n) is 6.43. The van der Waals surface area contributed by atoms with Gasteiger partial charge in [0.05, 0.1) is 16.3 Å². The molecule has 0 amide bonds. The Hall–Kier alpha value is -1.74. The van der Waals surface area contributed by atoms with Crippen molar-refractivity contribution in [2.24, 2.45) is 5.41 Å². The minimum absolute atomic E-state index is 0.165. The zero-order valence-electron chi connectivity index (χ0n) is 19.8. The van der Waals surface area contributed by atoms with E-state index in [1.54, 1.807) is 11.3 Å². The number of nitrogens with zero attached hydrogens (tertiary/aromatic N) is 2. The number of nitrogens with one attached hydrogen (secondary N) is 3. The van der Waals surface area contributed by atoms with Crippen molar-refractivity contribution in [3.63, 3.8) is 0 Å². The Morgan fingerprint density at radius 1 is 1.09 bits per heavy atom. The molecule has 3 aromatic rings. The van der Waals surface area contributed by atoms with Crippen LogP contribution in [0.1, 0.15) is 58.9 Å². The lowest BCUT2D eigenvalue weighted by Gasteiger charge is -2.29. The zero-order valence-corrected chi connectivity index (χ0v) is 22.2. The lowest BCUT2D eigenvalue weighted by molar-refractivity contribution is 0.126. The summed E-state index contributed by atoms with van der Waals surface area (Å²) in [6.45, 7) is 9.74. The van der Waals surface area contributed by atoms with Crippen molar-refractivity contribution in [1.29, 1.82) is 0 Å². The van der Waals surface area contributed by atoms with Crippen LogP contribution in [-0.4, -0.2) is 33.3 Å². The summed E-state index contributed by atoms with van der Waals surface area (Å²) in [5, 5.41) is 21.4. The summed E-state index contributed by atoms with van der Waals surface area (Å²) < 4.78 is 2.18. The van der Waals surface area contributed by atoms with Gasteiger partial charge in [-0.25, -0.2) is 9.97 Å². The van der Waals surface area contributed by atoms with E-state index in [-0.39, 0.29) is 11.5 Å². The van der Waals surface area contributed by atoms with E-state index in [4.69, 9.17) is 9.97 Å². The molecule has 1 atom stereocenters. The van der Waals surface area contributed by atoms with E-state index < -0.39 is 0 Å². The molecule has 0 radical (unpaired) electrons. The van der Waals surface area contributed by atoms with Gasteiger partial charge in [0, 0.05) is 23.1 Å². The molecular weight excluding hydrogens is 498 g/mol. The highest BCUT2D eigenvalue weighted by atomic mass is 79.9. The zero-order chi connectivity index (χ0) is 23.6. The maximum atomic E-state index is 9.84. The van der Waals surface area contributed by atoms with Crippen LogP contribution in [0.15, 0.2) is 34.8 Å². The molecule has 4 N–H and O–H groups in total.